The maximum atomic E-state index is 12.7. The summed E-state index contributed by atoms with van der Waals surface area (Å²) in [4.78, 5) is 38.8. The molecule has 12 heteroatoms. The van der Waals surface area contributed by atoms with E-state index in [1.54, 1.807) is 0 Å². The minimum Gasteiger partial charge on any atom is -0.387 e. The number of benzene rings is 1. The van der Waals surface area contributed by atoms with E-state index in [0.717, 1.165) is 33.9 Å². The first kappa shape index (κ1) is 21.7. The third-order valence-corrected chi connectivity index (χ3v) is 4.68. The standard InChI is InChI=1S/C18H18F3N3O6/c1-23(8-9-2-4-10(5-3-9)18(19,20)21)15(28)14-12(26)13(27)16(30-14)24-7-6-11(25)22-17(24)29/h2-7,12-14,16,26-27H,8H2,1H3,(H,22,25,29)/t12-,13+,14-,16+/m0/s1. The van der Waals surface area contributed by atoms with E-state index in [1.807, 2.05) is 4.98 Å². The van der Waals surface area contributed by atoms with Gasteiger partial charge in [0.25, 0.3) is 11.5 Å². The van der Waals surface area contributed by atoms with Crippen LogP contribution in [0.15, 0.2) is 46.1 Å². The SMILES string of the molecule is CN(Cc1ccc(C(F)(F)F)cc1)C(=O)[C@H]1O[C@@H](n2ccc(=O)[nH]c2=O)[C@H](O)[C@@H]1O. The molecule has 0 radical (unpaired) electrons. The van der Waals surface area contributed by atoms with Gasteiger partial charge in [0.15, 0.2) is 12.3 Å². The first-order valence-electron chi connectivity index (χ1n) is 8.73. The lowest BCUT2D eigenvalue weighted by Crippen LogP contribution is -2.43. The van der Waals surface area contributed by atoms with Crippen LogP contribution >= 0.6 is 0 Å². The van der Waals surface area contributed by atoms with Gasteiger partial charge in [0.05, 0.1) is 5.56 Å². The number of aliphatic hydroxyl groups is 2. The Balaban J connectivity index is 1.72. The number of aliphatic hydroxyl groups excluding tert-OH is 2. The minimum absolute atomic E-state index is 0.0804. The largest absolute Gasteiger partial charge is 0.416 e. The van der Waals surface area contributed by atoms with E-state index < -0.39 is 53.4 Å². The Morgan fingerprint density at radius 2 is 1.80 bits per heavy atom. The van der Waals surface area contributed by atoms with Gasteiger partial charge in [0, 0.05) is 25.9 Å². The third kappa shape index (κ3) is 4.30. The number of carbonyl (C=O) groups excluding carboxylic acids is 1. The van der Waals surface area contributed by atoms with Gasteiger partial charge in [-0.15, -0.1) is 0 Å². The molecule has 0 aliphatic carbocycles. The molecule has 0 spiro atoms. The van der Waals surface area contributed by atoms with Crippen molar-refractivity contribution in [3.05, 3.63) is 68.5 Å². The average Bonchev–Trinajstić information content (AvgIpc) is 2.96. The smallest absolute Gasteiger partial charge is 0.387 e. The lowest BCUT2D eigenvalue weighted by Gasteiger charge is -2.23. The second kappa shape index (κ2) is 8.05. The number of nitrogens with one attached hydrogen (secondary N) is 1. The fourth-order valence-electron chi connectivity index (χ4n) is 3.09. The molecule has 1 amide bonds. The van der Waals surface area contributed by atoms with Crippen molar-refractivity contribution in [2.75, 3.05) is 7.05 Å². The second-order valence-corrected chi connectivity index (χ2v) is 6.83. The highest BCUT2D eigenvalue weighted by atomic mass is 19.4. The van der Waals surface area contributed by atoms with E-state index in [-0.39, 0.29) is 6.54 Å². The Morgan fingerprint density at radius 1 is 1.17 bits per heavy atom. The molecule has 162 valence electrons. The number of rotatable bonds is 4. The lowest BCUT2D eigenvalue weighted by molar-refractivity contribution is -0.148. The van der Waals surface area contributed by atoms with Gasteiger partial charge in [-0.05, 0) is 17.7 Å². The molecule has 1 aromatic heterocycles. The highest BCUT2D eigenvalue weighted by Crippen LogP contribution is 2.30. The maximum absolute atomic E-state index is 12.7. The summed E-state index contributed by atoms with van der Waals surface area (Å²) in [7, 11) is 1.35. The van der Waals surface area contributed by atoms with E-state index >= 15 is 0 Å². The van der Waals surface area contributed by atoms with E-state index in [1.165, 1.54) is 19.2 Å². The summed E-state index contributed by atoms with van der Waals surface area (Å²) in [6.45, 7) is -0.0804. The van der Waals surface area contributed by atoms with E-state index in [0.29, 0.717) is 5.56 Å². The van der Waals surface area contributed by atoms with Gasteiger partial charge in [-0.3, -0.25) is 19.1 Å². The molecule has 1 aliphatic heterocycles. The molecule has 0 unspecified atom stereocenters. The molecule has 1 aliphatic rings. The van der Waals surface area contributed by atoms with Crippen molar-refractivity contribution >= 4 is 5.91 Å². The van der Waals surface area contributed by atoms with Crippen LogP contribution in [0, 0.1) is 0 Å². The van der Waals surface area contributed by atoms with Gasteiger partial charge in [0.1, 0.15) is 12.2 Å². The zero-order valence-corrected chi connectivity index (χ0v) is 15.5. The van der Waals surface area contributed by atoms with Gasteiger partial charge in [-0.25, -0.2) is 4.79 Å². The van der Waals surface area contributed by atoms with Crippen LogP contribution in [0.3, 0.4) is 0 Å². The van der Waals surface area contributed by atoms with Gasteiger partial charge in [0.2, 0.25) is 0 Å². The van der Waals surface area contributed by atoms with Crippen molar-refractivity contribution in [2.45, 2.75) is 37.3 Å². The molecule has 1 fully saturated rings. The molecule has 1 aromatic carbocycles. The zero-order valence-electron chi connectivity index (χ0n) is 15.5. The minimum atomic E-state index is -4.48. The molecule has 0 saturated carbocycles. The van der Waals surface area contributed by atoms with Gasteiger partial charge >= 0.3 is 11.9 Å². The quantitative estimate of drug-likeness (QED) is 0.620. The Morgan fingerprint density at radius 3 is 2.37 bits per heavy atom. The third-order valence-electron chi connectivity index (χ3n) is 4.68. The highest BCUT2D eigenvalue weighted by Gasteiger charge is 2.48. The van der Waals surface area contributed by atoms with Crippen molar-refractivity contribution < 1.29 is 32.9 Å². The molecule has 30 heavy (non-hydrogen) atoms. The summed E-state index contributed by atoms with van der Waals surface area (Å²) in [5.74, 6) is -0.749. The molecule has 2 aromatic rings. The average molecular weight is 429 g/mol. The number of hydrogen-bond acceptors (Lipinski definition) is 6. The van der Waals surface area contributed by atoms with E-state index in [4.69, 9.17) is 4.74 Å². The maximum Gasteiger partial charge on any atom is 0.416 e. The molecule has 4 atom stereocenters. The normalized spacial score (nSPS) is 24.1. The van der Waals surface area contributed by atoms with Crippen molar-refractivity contribution in [1.29, 1.82) is 0 Å². The number of likely N-dealkylation sites (N-methyl/N-ethyl adjacent to an activating group) is 1. The molecule has 3 N–H and O–H groups in total. The number of nitrogens with zero attached hydrogens (tertiary/aromatic N) is 2. The number of ether oxygens (including phenoxy) is 1. The Labute approximate surface area is 166 Å². The number of halogens is 3. The van der Waals surface area contributed by atoms with Crippen LogP contribution in [0.2, 0.25) is 0 Å². The monoisotopic (exact) mass is 429 g/mol. The fourth-order valence-corrected chi connectivity index (χ4v) is 3.09. The van der Waals surface area contributed by atoms with Crippen molar-refractivity contribution in [3.63, 3.8) is 0 Å². The summed E-state index contributed by atoms with van der Waals surface area (Å²) >= 11 is 0. The van der Waals surface area contributed by atoms with Crippen LogP contribution in [0.4, 0.5) is 13.2 Å². The number of aromatic amines is 1. The van der Waals surface area contributed by atoms with Crippen molar-refractivity contribution in [2.24, 2.45) is 0 Å². The van der Waals surface area contributed by atoms with Gasteiger partial charge in [-0.1, -0.05) is 12.1 Å². The number of hydrogen-bond donors (Lipinski definition) is 3. The number of carbonyl (C=O) groups is 1. The van der Waals surface area contributed by atoms with Gasteiger partial charge < -0.3 is 19.8 Å². The Kier molecular flexibility index (Phi) is 5.83. The lowest BCUT2D eigenvalue weighted by atomic mass is 10.1. The predicted molar refractivity (Wildman–Crippen MR) is 95.2 cm³/mol. The highest BCUT2D eigenvalue weighted by molar-refractivity contribution is 5.81. The number of H-pyrrole nitrogens is 1. The first-order chi connectivity index (χ1) is 14.0. The fraction of sp³-hybridized carbons (Fsp3) is 0.389. The Hall–Kier alpha value is -2.96. The molecule has 2 heterocycles. The zero-order chi connectivity index (χ0) is 22.2. The predicted octanol–water partition coefficient (Wildman–Crippen LogP) is -0.167. The van der Waals surface area contributed by atoms with Crippen LogP contribution in [-0.4, -0.2) is 55.9 Å². The number of aromatic nitrogens is 2. The van der Waals surface area contributed by atoms with Crippen LogP contribution in [-0.2, 0) is 22.3 Å². The van der Waals surface area contributed by atoms with Gasteiger partial charge in [-0.2, -0.15) is 13.2 Å². The Bertz CT molecular complexity index is 1030. The molecular weight excluding hydrogens is 411 g/mol. The summed E-state index contributed by atoms with van der Waals surface area (Å²) in [5, 5.41) is 20.4. The van der Waals surface area contributed by atoms with E-state index in [2.05, 4.69) is 0 Å². The van der Waals surface area contributed by atoms with Crippen molar-refractivity contribution in [3.8, 4) is 0 Å². The first-order valence-corrected chi connectivity index (χ1v) is 8.73. The van der Waals surface area contributed by atoms with Crippen LogP contribution in [0.25, 0.3) is 0 Å². The summed E-state index contributed by atoms with van der Waals surface area (Å²) < 4.78 is 44.1. The summed E-state index contributed by atoms with van der Waals surface area (Å²) in [6.07, 6.45) is -9.67. The number of amides is 1. The van der Waals surface area contributed by atoms with E-state index in [9.17, 15) is 37.8 Å². The number of alkyl halides is 3. The molecule has 9 nitrogen and oxygen atoms in total. The second-order valence-electron chi connectivity index (χ2n) is 6.83. The summed E-state index contributed by atoms with van der Waals surface area (Å²) in [5.41, 5.74) is -1.99. The molecule has 3 rings (SSSR count). The molecule has 0 bridgehead atoms. The van der Waals surface area contributed by atoms with Crippen LogP contribution < -0.4 is 11.2 Å². The van der Waals surface area contributed by atoms with Crippen LogP contribution in [0.1, 0.15) is 17.4 Å². The summed E-state index contributed by atoms with van der Waals surface area (Å²) in [6, 6.07) is 5.22. The molecule has 1 saturated heterocycles. The topological polar surface area (TPSA) is 125 Å². The van der Waals surface area contributed by atoms with Crippen LogP contribution in [0.5, 0.6) is 0 Å². The molecular formula is C18H18F3N3O6. The van der Waals surface area contributed by atoms with Crippen molar-refractivity contribution in [1.82, 2.24) is 14.5 Å².